The molecule has 0 fully saturated rings. The van der Waals surface area contributed by atoms with Gasteiger partial charge in [0.05, 0.1) is 16.9 Å². The molecule has 1 aromatic heterocycles. The molecule has 1 aliphatic carbocycles. The van der Waals surface area contributed by atoms with Crippen LogP contribution in [0.4, 0.5) is 13.2 Å². The zero-order valence-corrected chi connectivity index (χ0v) is 21.3. The highest BCUT2D eigenvalue weighted by Gasteiger charge is 2.49. The lowest BCUT2D eigenvalue weighted by Crippen LogP contribution is -2.32. The Kier molecular flexibility index (Phi) is 9.70. The Morgan fingerprint density at radius 3 is 2.47 bits per heavy atom. The third-order valence-electron chi connectivity index (χ3n) is 6.78. The molecular formula is C28H37ClF3NO. The van der Waals surface area contributed by atoms with Crippen molar-refractivity contribution in [1.82, 2.24) is 4.98 Å². The van der Waals surface area contributed by atoms with E-state index >= 15 is 8.78 Å². The molecule has 0 saturated carbocycles. The highest BCUT2D eigenvalue weighted by atomic mass is 35.5. The van der Waals surface area contributed by atoms with E-state index in [-0.39, 0.29) is 11.8 Å². The van der Waals surface area contributed by atoms with Crippen molar-refractivity contribution < 1.29 is 17.9 Å². The molecule has 188 valence electrons. The summed E-state index contributed by atoms with van der Waals surface area (Å²) in [6, 6.07) is 8.40. The maximum atomic E-state index is 15.5. The second-order valence-corrected chi connectivity index (χ2v) is 10.3. The van der Waals surface area contributed by atoms with Gasteiger partial charge in [0.25, 0.3) is 5.92 Å². The van der Waals surface area contributed by atoms with Crippen LogP contribution in [0, 0.1) is 11.9 Å². The number of aryl methyl sites for hydroxylation is 1. The zero-order valence-electron chi connectivity index (χ0n) is 20.6. The predicted molar refractivity (Wildman–Crippen MR) is 133 cm³/mol. The standard InChI is InChI=1S/C28H37ClF3NO/c1-4-6-8-19(3)16-23-17-21-12-15-25(28(31,32)26(21)27(30)33-23)20-10-13-24(14-11-20)34-18-22(29)9-7-5-2/h10-11,13-14,17,19,22,25H,4-9,12,15-16,18H2,1-3H3. The van der Waals surface area contributed by atoms with E-state index in [1.807, 2.05) is 0 Å². The average molecular weight is 496 g/mol. The molecule has 0 amide bonds. The molecule has 0 spiro atoms. The number of halogens is 4. The molecule has 0 N–H and O–H groups in total. The van der Waals surface area contributed by atoms with E-state index in [0.29, 0.717) is 47.9 Å². The fraction of sp³-hybridized carbons (Fsp3) is 0.607. The number of unbranched alkanes of at least 4 members (excludes halogenated alkanes) is 2. The van der Waals surface area contributed by atoms with Crippen molar-refractivity contribution in [3.05, 3.63) is 58.7 Å². The number of aromatic nitrogens is 1. The first-order valence-electron chi connectivity index (χ1n) is 12.7. The maximum Gasteiger partial charge on any atom is 0.284 e. The summed E-state index contributed by atoms with van der Waals surface area (Å²) in [5, 5.41) is -0.0752. The molecule has 34 heavy (non-hydrogen) atoms. The molecule has 2 nitrogen and oxygen atoms in total. The van der Waals surface area contributed by atoms with Gasteiger partial charge in [-0.2, -0.15) is 4.39 Å². The largest absolute Gasteiger partial charge is 0.492 e. The SMILES string of the molecule is CCCCC(C)Cc1cc2c(c(F)n1)C(F)(F)C(c1ccc(OCC(Cl)CCCC)cc1)CC2. The maximum absolute atomic E-state index is 15.5. The topological polar surface area (TPSA) is 22.1 Å². The first kappa shape index (κ1) is 26.8. The highest BCUT2D eigenvalue weighted by Crippen LogP contribution is 2.50. The summed E-state index contributed by atoms with van der Waals surface area (Å²) in [5.74, 6) is -4.49. The molecule has 3 unspecified atom stereocenters. The quantitative estimate of drug-likeness (QED) is 0.217. The van der Waals surface area contributed by atoms with E-state index < -0.39 is 23.4 Å². The number of hydrogen-bond acceptors (Lipinski definition) is 2. The van der Waals surface area contributed by atoms with Crippen molar-refractivity contribution in [1.29, 1.82) is 0 Å². The van der Waals surface area contributed by atoms with Gasteiger partial charge in [-0.3, -0.25) is 0 Å². The van der Waals surface area contributed by atoms with Gasteiger partial charge in [-0.1, -0.05) is 65.0 Å². The minimum Gasteiger partial charge on any atom is -0.492 e. The highest BCUT2D eigenvalue weighted by molar-refractivity contribution is 6.20. The van der Waals surface area contributed by atoms with Crippen LogP contribution in [0.3, 0.4) is 0 Å². The lowest BCUT2D eigenvalue weighted by atomic mass is 9.77. The van der Waals surface area contributed by atoms with E-state index in [9.17, 15) is 4.39 Å². The summed E-state index contributed by atoms with van der Waals surface area (Å²) in [6.45, 7) is 6.72. The summed E-state index contributed by atoms with van der Waals surface area (Å²) >= 11 is 6.26. The Hall–Kier alpha value is -1.75. The van der Waals surface area contributed by atoms with Crippen LogP contribution in [-0.2, 0) is 18.8 Å². The average Bonchev–Trinajstić information content (AvgIpc) is 2.80. The van der Waals surface area contributed by atoms with Gasteiger partial charge in [-0.25, -0.2) is 13.8 Å². The van der Waals surface area contributed by atoms with Gasteiger partial charge in [0, 0.05) is 5.69 Å². The molecule has 3 rings (SSSR count). The minimum absolute atomic E-state index is 0.0752. The third-order valence-corrected chi connectivity index (χ3v) is 7.12. The Balaban J connectivity index is 1.71. The molecule has 0 radical (unpaired) electrons. The van der Waals surface area contributed by atoms with Crippen molar-refractivity contribution in [2.24, 2.45) is 5.92 Å². The second kappa shape index (κ2) is 12.3. The number of rotatable bonds is 12. The van der Waals surface area contributed by atoms with Crippen molar-refractivity contribution >= 4 is 11.6 Å². The molecule has 3 atom stereocenters. The molecule has 1 aliphatic rings. The number of fused-ring (bicyclic) bond motifs is 1. The monoisotopic (exact) mass is 495 g/mol. The van der Waals surface area contributed by atoms with Gasteiger partial charge < -0.3 is 4.74 Å². The Morgan fingerprint density at radius 1 is 1.12 bits per heavy atom. The van der Waals surface area contributed by atoms with E-state index in [4.69, 9.17) is 16.3 Å². The van der Waals surface area contributed by atoms with E-state index in [1.165, 1.54) is 0 Å². The fourth-order valence-electron chi connectivity index (χ4n) is 4.81. The number of hydrogen-bond donors (Lipinski definition) is 0. The smallest absolute Gasteiger partial charge is 0.284 e. The molecule has 6 heteroatoms. The van der Waals surface area contributed by atoms with Crippen molar-refractivity contribution in [2.75, 3.05) is 6.61 Å². The minimum atomic E-state index is -3.32. The molecule has 0 aliphatic heterocycles. The number of nitrogens with zero attached hydrogens (tertiary/aromatic N) is 1. The number of pyridine rings is 1. The van der Waals surface area contributed by atoms with Crippen molar-refractivity contribution in [3.63, 3.8) is 0 Å². The zero-order chi connectivity index (χ0) is 24.7. The van der Waals surface area contributed by atoms with Gasteiger partial charge in [0.15, 0.2) is 0 Å². The fourth-order valence-corrected chi connectivity index (χ4v) is 5.03. The third kappa shape index (κ3) is 6.68. The van der Waals surface area contributed by atoms with Gasteiger partial charge >= 0.3 is 0 Å². The van der Waals surface area contributed by atoms with Crippen molar-refractivity contribution in [3.8, 4) is 5.75 Å². The van der Waals surface area contributed by atoms with Crippen LogP contribution in [-0.4, -0.2) is 17.0 Å². The van der Waals surface area contributed by atoms with E-state index in [2.05, 4.69) is 25.8 Å². The van der Waals surface area contributed by atoms with Gasteiger partial charge in [0.1, 0.15) is 12.4 Å². The number of alkyl halides is 3. The summed E-state index contributed by atoms with van der Waals surface area (Å²) in [7, 11) is 0. The summed E-state index contributed by atoms with van der Waals surface area (Å²) < 4.78 is 51.7. The normalized spacial score (nSPS) is 18.9. The molecule has 1 heterocycles. The Labute approximate surface area is 207 Å². The number of benzene rings is 1. The van der Waals surface area contributed by atoms with Crippen LogP contribution >= 0.6 is 11.6 Å². The van der Waals surface area contributed by atoms with Crippen LogP contribution in [0.15, 0.2) is 30.3 Å². The van der Waals surface area contributed by atoms with Gasteiger partial charge in [0.2, 0.25) is 5.95 Å². The molecular weight excluding hydrogens is 459 g/mol. The van der Waals surface area contributed by atoms with Crippen LogP contribution in [0.1, 0.15) is 94.0 Å². The molecule has 0 saturated heterocycles. The predicted octanol–water partition coefficient (Wildman–Crippen LogP) is 8.59. The van der Waals surface area contributed by atoms with E-state index in [1.54, 1.807) is 30.3 Å². The first-order valence-corrected chi connectivity index (χ1v) is 13.1. The first-order chi connectivity index (χ1) is 16.3. The summed E-state index contributed by atoms with van der Waals surface area (Å²) in [4.78, 5) is 3.96. The lowest BCUT2D eigenvalue weighted by molar-refractivity contribution is -0.0475. The molecule has 1 aromatic carbocycles. The molecule has 0 bridgehead atoms. The Bertz CT molecular complexity index is 919. The van der Waals surface area contributed by atoms with Crippen molar-refractivity contribution in [2.45, 2.75) is 95.8 Å². The number of ether oxygens (including phenoxy) is 1. The van der Waals surface area contributed by atoms with Crippen LogP contribution in [0.25, 0.3) is 0 Å². The Morgan fingerprint density at radius 2 is 1.79 bits per heavy atom. The van der Waals surface area contributed by atoms with Gasteiger partial charge in [-0.05, 0) is 60.9 Å². The summed E-state index contributed by atoms with van der Waals surface area (Å²) in [5.41, 5.74) is 0.918. The molecule has 2 aromatic rings. The van der Waals surface area contributed by atoms with Crippen LogP contribution in [0.2, 0.25) is 0 Å². The van der Waals surface area contributed by atoms with E-state index in [0.717, 1.165) is 38.5 Å². The summed E-state index contributed by atoms with van der Waals surface area (Å²) in [6.07, 6.45) is 7.51. The lowest BCUT2D eigenvalue weighted by Gasteiger charge is -2.34. The second-order valence-electron chi connectivity index (χ2n) is 9.72. The van der Waals surface area contributed by atoms with Crippen LogP contribution in [0.5, 0.6) is 5.75 Å². The van der Waals surface area contributed by atoms with Crippen LogP contribution < -0.4 is 4.74 Å². The van der Waals surface area contributed by atoms with Gasteiger partial charge in [-0.15, -0.1) is 11.6 Å².